The third-order valence-electron chi connectivity index (χ3n) is 3.33. The van der Waals surface area contributed by atoms with E-state index in [9.17, 15) is 4.79 Å². The number of hydrogen-bond acceptors (Lipinski definition) is 2. The van der Waals surface area contributed by atoms with Gasteiger partial charge in [0.25, 0.3) is 0 Å². The first-order valence-corrected chi connectivity index (χ1v) is 7.57. The monoisotopic (exact) mass is 253 g/mol. The number of Topliss-reactive ketones (excluding diaryl/α,β-unsaturated/α-hetero) is 1. The highest BCUT2D eigenvalue weighted by molar-refractivity contribution is 5.93. The fraction of sp³-hybridized carbons (Fsp3) is 0.812. The van der Waals surface area contributed by atoms with Crippen LogP contribution in [0.2, 0.25) is 0 Å². The molecule has 2 nitrogen and oxygen atoms in total. The van der Waals surface area contributed by atoms with E-state index in [2.05, 4.69) is 6.58 Å². The molecule has 2 heteroatoms. The largest absolute Gasteiger partial charge is 0.330 e. The van der Waals surface area contributed by atoms with Gasteiger partial charge in [0, 0.05) is 6.42 Å². The van der Waals surface area contributed by atoms with Crippen molar-refractivity contribution in [3.63, 3.8) is 0 Å². The molecule has 0 radical (unpaired) electrons. The molecule has 0 amide bonds. The van der Waals surface area contributed by atoms with E-state index in [1.807, 2.05) is 0 Å². The molecule has 2 N–H and O–H groups in total. The molecule has 0 rings (SSSR count). The van der Waals surface area contributed by atoms with Crippen LogP contribution in [0.1, 0.15) is 77.6 Å². The zero-order chi connectivity index (χ0) is 13.6. The minimum atomic E-state index is 0.231. The van der Waals surface area contributed by atoms with Crippen molar-refractivity contribution < 1.29 is 4.79 Å². The fourth-order valence-electron chi connectivity index (χ4n) is 2.06. The summed E-state index contributed by atoms with van der Waals surface area (Å²) >= 11 is 0. The van der Waals surface area contributed by atoms with Gasteiger partial charge in [-0.3, -0.25) is 4.79 Å². The van der Waals surface area contributed by atoms with E-state index in [4.69, 9.17) is 5.73 Å². The van der Waals surface area contributed by atoms with Crippen LogP contribution in [0.25, 0.3) is 0 Å². The van der Waals surface area contributed by atoms with Gasteiger partial charge in [-0.15, -0.1) is 0 Å². The summed E-state index contributed by atoms with van der Waals surface area (Å²) in [5.41, 5.74) is 6.15. The van der Waals surface area contributed by atoms with Crippen molar-refractivity contribution in [2.45, 2.75) is 77.6 Å². The molecule has 0 spiro atoms. The first-order valence-electron chi connectivity index (χ1n) is 7.57. The van der Waals surface area contributed by atoms with Gasteiger partial charge in [0.15, 0.2) is 5.78 Å². The predicted molar refractivity (Wildman–Crippen MR) is 79.7 cm³/mol. The summed E-state index contributed by atoms with van der Waals surface area (Å²) in [5.74, 6) is 0.231. The number of nitrogens with two attached hydrogens (primary N) is 1. The van der Waals surface area contributed by atoms with Crippen LogP contribution < -0.4 is 5.73 Å². The maximum atomic E-state index is 11.3. The standard InChI is InChI=1S/C16H31NO/c1-15(2)16(18)13-11-9-7-5-3-4-6-8-10-12-14-17/h1,3-14,17H2,2H3. The maximum Gasteiger partial charge on any atom is 0.157 e. The molecule has 0 aromatic carbocycles. The molecular weight excluding hydrogens is 222 g/mol. The summed E-state index contributed by atoms with van der Waals surface area (Å²) in [7, 11) is 0. The van der Waals surface area contributed by atoms with Crippen LogP contribution >= 0.6 is 0 Å². The average Bonchev–Trinajstić information content (AvgIpc) is 2.35. The van der Waals surface area contributed by atoms with Gasteiger partial charge in [0.2, 0.25) is 0 Å². The normalized spacial score (nSPS) is 10.6. The third kappa shape index (κ3) is 11.8. The lowest BCUT2D eigenvalue weighted by atomic mass is 10.0. The number of ketones is 1. The lowest BCUT2D eigenvalue weighted by molar-refractivity contribution is -0.115. The molecule has 0 atom stereocenters. The van der Waals surface area contributed by atoms with Gasteiger partial charge < -0.3 is 5.73 Å². The minimum absolute atomic E-state index is 0.231. The van der Waals surface area contributed by atoms with Crippen LogP contribution in [0, 0.1) is 0 Å². The highest BCUT2D eigenvalue weighted by atomic mass is 16.1. The van der Waals surface area contributed by atoms with E-state index in [1.165, 1.54) is 57.8 Å². The van der Waals surface area contributed by atoms with Gasteiger partial charge in [-0.05, 0) is 31.9 Å². The first-order chi connectivity index (χ1) is 8.68. The van der Waals surface area contributed by atoms with Crippen LogP contribution in [-0.2, 0) is 4.79 Å². The number of carbonyl (C=O) groups excluding carboxylic acids is 1. The van der Waals surface area contributed by atoms with Crippen molar-refractivity contribution in [3.05, 3.63) is 12.2 Å². The van der Waals surface area contributed by atoms with Crippen LogP contribution in [-0.4, -0.2) is 12.3 Å². The Morgan fingerprint density at radius 3 is 1.61 bits per heavy atom. The van der Waals surface area contributed by atoms with Gasteiger partial charge in [0.05, 0.1) is 0 Å². The molecule has 0 aromatic heterocycles. The summed E-state index contributed by atoms with van der Waals surface area (Å²) in [6.07, 6.45) is 13.4. The molecular formula is C16H31NO. The summed E-state index contributed by atoms with van der Waals surface area (Å²) in [5, 5.41) is 0. The Morgan fingerprint density at radius 2 is 1.22 bits per heavy atom. The number of rotatable bonds is 13. The smallest absolute Gasteiger partial charge is 0.157 e. The molecule has 0 fully saturated rings. The van der Waals surface area contributed by atoms with E-state index < -0.39 is 0 Å². The van der Waals surface area contributed by atoms with Gasteiger partial charge in [-0.1, -0.05) is 57.9 Å². The highest BCUT2D eigenvalue weighted by Gasteiger charge is 2.01. The van der Waals surface area contributed by atoms with Crippen LogP contribution in [0.15, 0.2) is 12.2 Å². The predicted octanol–water partition coefficient (Wildman–Crippen LogP) is 4.38. The first kappa shape index (κ1) is 17.4. The lowest BCUT2D eigenvalue weighted by Gasteiger charge is -2.02. The Bertz CT molecular complexity index is 223. The summed E-state index contributed by atoms with van der Waals surface area (Å²) in [6.45, 7) is 6.30. The zero-order valence-electron chi connectivity index (χ0n) is 12.2. The number of unbranched alkanes of at least 4 members (excludes halogenated alkanes) is 9. The second kappa shape index (κ2) is 12.8. The SMILES string of the molecule is C=C(C)C(=O)CCCCCCCCCCCCN. The summed E-state index contributed by atoms with van der Waals surface area (Å²) < 4.78 is 0. The second-order valence-corrected chi connectivity index (χ2v) is 5.28. The van der Waals surface area contributed by atoms with E-state index in [1.54, 1.807) is 6.92 Å². The molecule has 0 saturated carbocycles. The van der Waals surface area contributed by atoms with Gasteiger partial charge in [-0.25, -0.2) is 0 Å². The van der Waals surface area contributed by atoms with E-state index in [0.29, 0.717) is 12.0 Å². The number of hydrogen-bond donors (Lipinski definition) is 1. The Labute approximate surface area is 113 Å². The fourth-order valence-corrected chi connectivity index (χ4v) is 2.06. The second-order valence-electron chi connectivity index (χ2n) is 5.28. The van der Waals surface area contributed by atoms with Gasteiger partial charge in [-0.2, -0.15) is 0 Å². The molecule has 106 valence electrons. The van der Waals surface area contributed by atoms with Crippen LogP contribution in [0.3, 0.4) is 0 Å². The van der Waals surface area contributed by atoms with Crippen molar-refractivity contribution in [3.8, 4) is 0 Å². The van der Waals surface area contributed by atoms with E-state index in [0.717, 1.165) is 13.0 Å². The zero-order valence-corrected chi connectivity index (χ0v) is 12.2. The average molecular weight is 253 g/mol. The molecule has 0 unspecified atom stereocenters. The van der Waals surface area contributed by atoms with Crippen LogP contribution in [0.5, 0.6) is 0 Å². The van der Waals surface area contributed by atoms with E-state index in [-0.39, 0.29) is 5.78 Å². The van der Waals surface area contributed by atoms with Crippen molar-refractivity contribution in [1.29, 1.82) is 0 Å². The molecule has 18 heavy (non-hydrogen) atoms. The van der Waals surface area contributed by atoms with Crippen molar-refractivity contribution >= 4 is 5.78 Å². The molecule has 0 aliphatic rings. The molecule has 0 saturated heterocycles. The summed E-state index contributed by atoms with van der Waals surface area (Å²) in [6, 6.07) is 0. The number of carbonyl (C=O) groups is 1. The molecule has 0 aliphatic heterocycles. The molecule has 0 heterocycles. The number of allylic oxidation sites excluding steroid dienone is 1. The quantitative estimate of drug-likeness (QED) is 0.391. The molecule has 0 aliphatic carbocycles. The van der Waals surface area contributed by atoms with Crippen molar-refractivity contribution in [2.24, 2.45) is 5.73 Å². The lowest BCUT2D eigenvalue weighted by Crippen LogP contribution is -1.97. The maximum absolute atomic E-state index is 11.3. The van der Waals surface area contributed by atoms with Gasteiger partial charge in [0.1, 0.15) is 0 Å². The minimum Gasteiger partial charge on any atom is -0.330 e. The Hall–Kier alpha value is -0.630. The third-order valence-corrected chi connectivity index (χ3v) is 3.33. The van der Waals surface area contributed by atoms with Gasteiger partial charge >= 0.3 is 0 Å². The molecule has 0 aromatic rings. The van der Waals surface area contributed by atoms with Crippen molar-refractivity contribution in [2.75, 3.05) is 6.54 Å². The molecule has 0 bridgehead atoms. The highest BCUT2D eigenvalue weighted by Crippen LogP contribution is 2.11. The van der Waals surface area contributed by atoms with Crippen molar-refractivity contribution in [1.82, 2.24) is 0 Å². The topological polar surface area (TPSA) is 43.1 Å². The van der Waals surface area contributed by atoms with Crippen LogP contribution in [0.4, 0.5) is 0 Å². The Kier molecular flexibility index (Phi) is 12.4. The van der Waals surface area contributed by atoms with E-state index >= 15 is 0 Å². The Balaban J connectivity index is 3.07. The summed E-state index contributed by atoms with van der Waals surface area (Å²) in [4.78, 5) is 11.3. The Morgan fingerprint density at radius 1 is 0.833 bits per heavy atom.